The monoisotopic (exact) mass is 917 g/mol. The van der Waals surface area contributed by atoms with Crippen LogP contribution in [0.4, 0.5) is 28.9 Å². The van der Waals surface area contributed by atoms with Crippen molar-refractivity contribution in [1.29, 1.82) is 0 Å². The Bertz CT molecular complexity index is 2800. The van der Waals surface area contributed by atoms with Crippen LogP contribution >= 0.6 is 11.3 Å². The van der Waals surface area contributed by atoms with Crippen LogP contribution in [0.1, 0.15) is 105 Å². The lowest BCUT2D eigenvalue weighted by atomic mass is 9.69. The summed E-state index contributed by atoms with van der Waals surface area (Å²) in [7, 11) is 1.68. The quantitative estimate of drug-likeness (QED) is 0.152. The fourth-order valence-corrected chi connectivity index (χ4v) is 12.1. The number of piperazine rings is 1. The van der Waals surface area contributed by atoms with Crippen LogP contribution in [-0.4, -0.2) is 83.4 Å². The van der Waals surface area contributed by atoms with Crippen LogP contribution in [-0.2, 0) is 12.6 Å². The highest BCUT2D eigenvalue weighted by atomic mass is 32.1. The van der Waals surface area contributed by atoms with Gasteiger partial charge in [-0.3, -0.25) is 14.5 Å². The Morgan fingerprint density at radius 3 is 2.21 bits per heavy atom. The van der Waals surface area contributed by atoms with E-state index in [0.717, 1.165) is 132 Å². The van der Waals surface area contributed by atoms with E-state index in [2.05, 4.69) is 67.6 Å². The highest BCUT2D eigenvalue weighted by Gasteiger charge is 2.37. The van der Waals surface area contributed by atoms with E-state index in [9.17, 15) is 18.3 Å². The van der Waals surface area contributed by atoms with Gasteiger partial charge in [-0.05, 0) is 136 Å². The lowest BCUT2D eigenvalue weighted by Gasteiger charge is -2.40. The van der Waals surface area contributed by atoms with Crippen LogP contribution in [0.5, 0.6) is 11.5 Å². The molecule has 2 saturated heterocycles. The number of alkyl halides is 3. The standard InChI is InChI=1S/C52H55F4N7O2S/c1-30-32(3)66-51-47(30)49(57-31(2)50-59-58-33(4)63(50)51)43-15-11-38(27-45(43)53)61-20-18-34(19-21-61)29-60-22-24-62(25-23-60)39-12-16-44(46(28-39)65-5)48-41(14-8-36-26-40(64)13-17-42(36)48)35-6-9-37(10-7-35)52(54,55)56/h6-7,9-13,15-17,26-28,31,34,41,48,64H,8,14,18-25,29H2,1-5H3/t31-,41+,48-/m0/s1. The zero-order valence-electron chi connectivity index (χ0n) is 38.0. The Labute approximate surface area is 387 Å². The number of anilines is 2. The van der Waals surface area contributed by atoms with Gasteiger partial charge >= 0.3 is 6.18 Å². The summed E-state index contributed by atoms with van der Waals surface area (Å²) in [4.78, 5) is 13.5. The Hall–Kier alpha value is -5.73. The zero-order chi connectivity index (χ0) is 46.0. The summed E-state index contributed by atoms with van der Waals surface area (Å²) in [5.74, 6) is 2.56. The molecule has 9 nitrogen and oxygen atoms in total. The molecule has 2 fully saturated rings. The van der Waals surface area contributed by atoms with E-state index in [4.69, 9.17) is 9.73 Å². The second-order valence-corrected chi connectivity index (χ2v) is 19.7. The molecule has 0 bridgehead atoms. The maximum atomic E-state index is 16.3. The first kappa shape index (κ1) is 44.1. The van der Waals surface area contributed by atoms with Gasteiger partial charge in [0, 0.05) is 90.7 Å². The van der Waals surface area contributed by atoms with Crippen molar-refractivity contribution in [3.05, 3.63) is 146 Å². The summed E-state index contributed by atoms with van der Waals surface area (Å²) in [6.45, 7) is 14.5. The zero-order valence-corrected chi connectivity index (χ0v) is 38.8. The summed E-state index contributed by atoms with van der Waals surface area (Å²) in [6, 6.07) is 22.8. The Balaban J connectivity index is 0.779. The van der Waals surface area contributed by atoms with Crippen LogP contribution in [0.25, 0.3) is 5.00 Å². The minimum atomic E-state index is -4.40. The number of aryl methyl sites for hydroxylation is 3. The number of fused-ring (bicyclic) bond motifs is 4. The van der Waals surface area contributed by atoms with Crippen molar-refractivity contribution in [1.82, 2.24) is 19.7 Å². The maximum absolute atomic E-state index is 16.3. The number of aromatic nitrogens is 3. The molecule has 0 spiro atoms. The van der Waals surface area contributed by atoms with Crippen molar-refractivity contribution in [2.45, 2.75) is 77.4 Å². The first-order chi connectivity index (χ1) is 31.7. The molecule has 5 heterocycles. The minimum Gasteiger partial charge on any atom is -0.508 e. The van der Waals surface area contributed by atoms with Crippen LogP contribution in [0, 0.1) is 32.5 Å². The van der Waals surface area contributed by atoms with Gasteiger partial charge < -0.3 is 19.6 Å². The van der Waals surface area contributed by atoms with Gasteiger partial charge in [-0.25, -0.2) is 4.39 Å². The third-order valence-corrected chi connectivity index (χ3v) is 15.8. The predicted octanol–water partition coefficient (Wildman–Crippen LogP) is 10.9. The number of nitrogens with zero attached hydrogens (tertiary/aromatic N) is 7. The van der Waals surface area contributed by atoms with E-state index in [1.807, 2.05) is 26.0 Å². The molecule has 14 heteroatoms. The molecule has 2 aromatic heterocycles. The van der Waals surface area contributed by atoms with E-state index >= 15 is 4.39 Å². The van der Waals surface area contributed by atoms with E-state index in [1.54, 1.807) is 48.8 Å². The van der Waals surface area contributed by atoms with E-state index in [-0.39, 0.29) is 29.4 Å². The second kappa shape index (κ2) is 17.5. The van der Waals surface area contributed by atoms with Crippen LogP contribution in [0.2, 0.25) is 0 Å². The molecule has 344 valence electrons. The fraction of sp³-hybridized carbons (Fsp3) is 0.404. The van der Waals surface area contributed by atoms with Crippen molar-refractivity contribution in [3.8, 4) is 16.5 Å². The van der Waals surface area contributed by atoms with Gasteiger partial charge in [-0.2, -0.15) is 13.2 Å². The van der Waals surface area contributed by atoms with Gasteiger partial charge in [0.25, 0.3) is 0 Å². The van der Waals surface area contributed by atoms with Crippen LogP contribution < -0.4 is 14.5 Å². The lowest BCUT2D eigenvalue weighted by molar-refractivity contribution is -0.137. The number of ether oxygens (including phenoxy) is 1. The van der Waals surface area contributed by atoms with Gasteiger partial charge in [-0.15, -0.1) is 21.5 Å². The first-order valence-electron chi connectivity index (χ1n) is 23.0. The van der Waals surface area contributed by atoms with Crippen LogP contribution in [0.15, 0.2) is 83.9 Å². The number of piperidine rings is 1. The van der Waals surface area contributed by atoms with Gasteiger partial charge in [0.2, 0.25) is 0 Å². The number of phenolic OH excluding ortho intramolecular Hbond substituents is 1. The Morgan fingerprint density at radius 2 is 1.50 bits per heavy atom. The first-order valence-corrected chi connectivity index (χ1v) is 23.9. The molecular formula is C52H55F4N7O2S. The summed E-state index contributed by atoms with van der Waals surface area (Å²) < 4.78 is 65.0. The highest BCUT2D eigenvalue weighted by Crippen LogP contribution is 2.50. The van der Waals surface area contributed by atoms with Gasteiger partial charge in [0.05, 0.1) is 18.4 Å². The predicted molar refractivity (Wildman–Crippen MR) is 253 cm³/mol. The van der Waals surface area contributed by atoms with Crippen molar-refractivity contribution < 1.29 is 27.4 Å². The minimum absolute atomic E-state index is 0.0726. The number of aliphatic imine (C=N–C) groups is 1. The topological polar surface area (TPSA) is 82.2 Å². The number of benzene rings is 4. The van der Waals surface area contributed by atoms with Crippen molar-refractivity contribution in [3.63, 3.8) is 0 Å². The van der Waals surface area contributed by atoms with E-state index in [0.29, 0.717) is 23.6 Å². The van der Waals surface area contributed by atoms with Gasteiger partial charge in [0.1, 0.15) is 34.2 Å². The smallest absolute Gasteiger partial charge is 0.416 e. The number of rotatable bonds is 8. The number of halogens is 4. The molecule has 4 aliphatic rings. The molecule has 0 unspecified atom stereocenters. The lowest BCUT2D eigenvalue weighted by Crippen LogP contribution is -2.49. The van der Waals surface area contributed by atoms with E-state index < -0.39 is 11.7 Å². The van der Waals surface area contributed by atoms with Gasteiger partial charge in [-0.1, -0.05) is 24.3 Å². The normalized spacial score (nSPS) is 20.4. The van der Waals surface area contributed by atoms with Gasteiger partial charge in [0.15, 0.2) is 5.82 Å². The molecular weight excluding hydrogens is 863 g/mol. The number of aromatic hydroxyl groups is 1. The summed E-state index contributed by atoms with van der Waals surface area (Å²) >= 11 is 1.67. The molecule has 6 aromatic rings. The SMILES string of the molecule is COc1cc(N2CCN(CC3CCN(c4ccc(C5=N[C@@H](C)c6nnc(C)n6-c6sc(C)c(C)c65)c(F)c4)CC3)CC2)ccc1[C@@H]1c2ccc(O)cc2CC[C@@H]1c1ccc(C(F)(F)F)cc1. The largest absolute Gasteiger partial charge is 0.508 e. The number of methoxy groups -OCH3 is 1. The maximum Gasteiger partial charge on any atom is 0.416 e. The Morgan fingerprint density at radius 1 is 0.803 bits per heavy atom. The second-order valence-electron chi connectivity index (χ2n) is 18.5. The number of hydrogen-bond acceptors (Lipinski definition) is 9. The molecule has 3 aliphatic heterocycles. The third kappa shape index (κ3) is 8.14. The van der Waals surface area contributed by atoms with Crippen molar-refractivity contribution in [2.24, 2.45) is 10.9 Å². The van der Waals surface area contributed by atoms with Crippen molar-refractivity contribution in [2.75, 3.05) is 62.7 Å². The highest BCUT2D eigenvalue weighted by molar-refractivity contribution is 7.15. The molecule has 66 heavy (non-hydrogen) atoms. The van der Waals surface area contributed by atoms with Crippen molar-refractivity contribution >= 4 is 28.4 Å². The Kier molecular flexibility index (Phi) is 11.7. The van der Waals surface area contributed by atoms with E-state index in [1.165, 1.54) is 17.0 Å². The number of hydrogen-bond donors (Lipinski definition) is 1. The molecule has 4 aromatic carbocycles. The molecule has 3 atom stereocenters. The molecule has 0 saturated carbocycles. The molecule has 1 N–H and O–H groups in total. The molecule has 1 aliphatic carbocycles. The molecule has 0 amide bonds. The summed E-state index contributed by atoms with van der Waals surface area (Å²) in [6.07, 6.45) is -0.882. The fourth-order valence-electron chi connectivity index (χ4n) is 10.9. The third-order valence-electron chi connectivity index (χ3n) is 14.6. The van der Waals surface area contributed by atoms with Crippen LogP contribution in [0.3, 0.4) is 0 Å². The molecule has 10 rings (SSSR count). The molecule has 0 radical (unpaired) electrons. The number of thiophene rings is 1. The summed E-state index contributed by atoms with van der Waals surface area (Å²) in [5.41, 5.74) is 8.49. The number of phenols is 1. The summed E-state index contributed by atoms with van der Waals surface area (Å²) in [5, 5.41) is 20.1. The average Bonchev–Trinajstić information content (AvgIpc) is 3.81. The average molecular weight is 918 g/mol.